The maximum atomic E-state index is 6.26. The lowest BCUT2D eigenvalue weighted by Gasteiger charge is -2.13. The zero-order chi connectivity index (χ0) is 33.0. The van der Waals surface area contributed by atoms with E-state index in [4.69, 9.17) is 14.4 Å². The van der Waals surface area contributed by atoms with Crippen molar-refractivity contribution in [1.82, 2.24) is 14.5 Å². The van der Waals surface area contributed by atoms with Gasteiger partial charge in [-0.3, -0.25) is 0 Å². The zero-order valence-electron chi connectivity index (χ0n) is 27.0. The lowest BCUT2D eigenvalue weighted by molar-refractivity contribution is 0.669. The van der Waals surface area contributed by atoms with E-state index in [1.807, 2.05) is 42.5 Å². The second-order valence-corrected chi connectivity index (χ2v) is 12.6. The second kappa shape index (κ2) is 11.4. The molecule has 234 valence electrons. The predicted octanol–water partition coefficient (Wildman–Crippen LogP) is 12.1. The standard InChI is InChI=1S/C46H29N3O/c1-3-14-30(15-4-1)34-22-12-25-41-44(34)36-20-7-9-24-40(36)49(41)33-19-11-18-32(28-33)46-47-38(31-16-5-2-6-17-31)29-39(48-46)35-23-13-27-43-45(35)37-21-8-10-26-42(37)50-43/h1-29H. The molecule has 3 aromatic heterocycles. The molecule has 0 saturated heterocycles. The Morgan fingerprint density at radius 3 is 1.88 bits per heavy atom. The van der Waals surface area contributed by atoms with Crippen molar-refractivity contribution in [3.63, 3.8) is 0 Å². The summed E-state index contributed by atoms with van der Waals surface area (Å²) >= 11 is 0. The molecule has 10 aromatic rings. The number of hydrogen-bond acceptors (Lipinski definition) is 3. The van der Waals surface area contributed by atoms with Crippen molar-refractivity contribution >= 4 is 43.7 Å². The summed E-state index contributed by atoms with van der Waals surface area (Å²) in [4.78, 5) is 10.5. The third-order valence-corrected chi connectivity index (χ3v) is 9.62. The molecule has 0 N–H and O–H groups in total. The third-order valence-electron chi connectivity index (χ3n) is 9.62. The number of rotatable bonds is 5. The lowest BCUT2D eigenvalue weighted by atomic mass is 9.99. The molecule has 0 spiro atoms. The van der Waals surface area contributed by atoms with E-state index in [9.17, 15) is 0 Å². The van der Waals surface area contributed by atoms with E-state index in [0.717, 1.165) is 66.7 Å². The van der Waals surface area contributed by atoms with E-state index in [1.54, 1.807) is 0 Å². The van der Waals surface area contributed by atoms with Crippen molar-refractivity contribution in [2.45, 2.75) is 0 Å². The summed E-state index contributed by atoms with van der Waals surface area (Å²) in [6.07, 6.45) is 0. The topological polar surface area (TPSA) is 43.9 Å². The molecule has 0 aliphatic carbocycles. The Hall–Kier alpha value is -6.78. The molecule has 0 saturated carbocycles. The molecule has 0 unspecified atom stereocenters. The number of benzene rings is 7. The van der Waals surface area contributed by atoms with Crippen molar-refractivity contribution < 1.29 is 4.42 Å². The Bertz CT molecular complexity index is 2870. The SMILES string of the molecule is c1ccc(-c2cc(-c3cccc4oc5ccccc5c34)nc(-c3cccc(-n4c5ccccc5c5c(-c6ccccc6)cccc54)c3)n2)cc1. The van der Waals surface area contributed by atoms with Gasteiger partial charge in [0.1, 0.15) is 11.2 Å². The van der Waals surface area contributed by atoms with Gasteiger partial charge in [-0.05, 0) is 53.6 Å². The van der Waals surface area contributed by atoms with Gasteiger partial charge >= 0.3 is 0 Å². The fourth-order valence-electron chi connectivity index (χ4n) is 7.40. The van der Waals surface area contributed by atoms with Gasteiger partial charge in [-0.2, -0.15) is 0 Å². The van der Waals surface area contributed by atoms with Gasteiger partial charge in [0, 0.05) is 43.9 Å². The summed E-state index contributed by atoms with van der Waals surface area (Å²) in [5.74, 6) is 0.666. The molecule has 0 radical (unpaired) electrons. The maximum Gasteiger partial charge on any atom is 0.160 e. The molecule has 0 amide bonds. The van der Waals surface area contributed by atoms with Gasteiger partial charge in [0.15, 0.2) is 5.82 Å². The van der Waals surface area contributed by atoms with Crippen LogP contribution in [0, 0.1) is 0 Å². The first kappa shape index (κ1) is 28.3. The highest BCUT2D eigenvalue weighted by atomic mass is 16.3. The van der Waals surface area contributed by atoms with Crippen molar-refractivity contribution in [2.75, 3.05) is 0 Å². The number of fused-ring (bicyclic) bond motifs is 6. The molecule has 0 fully saturated rings. The fourth-order valence-corrected chi connectivity index (χ4v) is 7.40. The fraction of sp³-hybridized carbons (Fsp3) is 0. The molecule has 3 heterocycles. The minimum atomic E-state index is 0.666. The minimum absolute atomic E-state index is 0.666. The summed E-state index contributed by atoms with van der Waals surface area (Å²) in [5, 5.41) is 4.59. The first-order valence-electron chi connectivity index (χ1n) is 16.8. The molecule has 0 aliphatic rings. The van der Waals surface area contributed by atoms with Gasteiger partial charge in [0.05, 0.1) is 22.4 Å². The number of para-hydroxylation sites is 2. The van der Waals surface area contributed by atoms with Gasteiger partial charge in [0.25, 0.3) is 0 Å². The summed E-state index contributed by atoms with van der Waals surface area (Å²) in [6.45, 7) is 0. The molecule has 0 aliphatic heterocycles. The Kier molecular flexibility index (Phi) is 6.46. The smallest absolute Gasteiger partial charge is 0.160 e. The molecule has 50 heavy (non-hydrogen) atoms. The molecule has 0 atom stereocenters. The van der Waals surface area contributed by atoms with Crippen LogP contribution in [0.25, 0.3) is 94.5 Å². The largest absolute Gasteiger partial charge is 0.456 e. The Labute approximate surface area is 288 Å². The van der Waals surface area contributed by atoms with E-state index >= 15 is 0 Å². The lowest BCUT2D eigenvalue weighted by Crippen LogP contribution is -1.98. The van der Waals surface area contributed by atoms with Crippen LogP contribution in [-0.2, 0) is 0 Å². The summed E-state index contributed by atoms with van der Waals surface area (Å²) in [6, 6.07) is 61.3. The number of hydrogen-bond donors (Lipinski definition) is 0. The number of nitrogens with zero attached hydrogens (tertiary/aromatic N) is 3. The van der Waals surface area contributed by atoms with Crippen molar-refractivity contribution in [3.05, 3.63) is 176 Å². The van der Waals surface area contributed by atoms with Crippen LogP contribution in [0.1, 0.15) is 0 Å². The first-order valence-corrected chi connectivity index (χ1v) is 16.8. The summed E-state index contributed by atoms with van der Waals surface area (Å²) in [7, 11) is 0. The molecule has 10 rings (SSSR count). The average Bonchev–Trinajstić information content (AvgIpc) is 3.75. The van der Waals surface area contributed by atoms with Gasteiger partial charge in [0.2, 0.25) is 0 Å². The second-order valence-electron chi connectivity index (χ2n) is 12.6. The third kappa shape index (κ3) is 4.54. The van der Waals surface area contributed by atoms with Crippen LogP contribution in [0.5, 0.6) is 0 Å². The minimum Gasteiger partial charge on any atom is -0.456 e. The predicted molar refractivity (Wildman–Crippen MR) is 205 cm³/mol. The van der Waals surface area contributed by atoms with Gasteiger partial charge < -0.3 is 8.98 Å². The molecular formula is C46H29N3O. The van der Waals surface area contributed by atoms with Crippen LogP contribution >= 0.6 is 0 Å². The Morgan fingerprint density at radius 2 is 1.02 bits per heavy atom. The molecule has 7 aromatic carbocycles. The maximum absolute atomic E-state index is 6.26. The Morgan fingerprint density at radius 1 is 0.400 bits per heavy atom. The highest BCUT2D eigenvalue weighted by Crippen LogP contribution is 2.40. The van der Waals surface area contributed by atoms with E-state index in [1.165, 1.54) is 21.9 Å². The van der Waals surface area contributed by atoms with Crippen molar-refractivity contribution in [2.24, 2.45) is 0 Å². The van der Waals surface area contributed by atoms with Gasteiger partial charge in [-0.25, -0.2) is 9.97 Å². The van der Waals surface area contributed by atoms with Crippen LogP contribution in [0.15, 0.2) is 180 Å². The van der Waals surface area contributed by atoms with Gasteiger partial charge in [-0.15, -0.1) is 0 Å². The quantitative estimate of drug-likeness (QED) is 0.188. The van der Waals surface area contributed by atoms with Crippen molar-refractivity contribution in [1.29, 1.82) is 0 Å². The number of furan rings is 1. The monoisotopic (exact) mass is 639 g/mol. The molecule has 4 heteroatoms. The van der Waals surface area contributed by atoms with Crippen molar-refractivity contribution in [3.8, 4) is 50.7 Å². The van der Waals surface area contributed by atoms with Crippen LogP contribution in [-0.4, -0.2) is 14.5 Å². The Balaban J connectivity index is 1.20. The van der Waals surface area contributed by atoms with E-state index in [2.05, 4.69) is 138 Å². The van der Waals surface area contributed by atoms with Crippen LogP contribution < -0.4 is 0 Å². The normalized spacial score (nSPS) is 11.6. The number of aromatic nitrogens is 3. The summed E-state index contributed by atoms with van der Waals surface area (Å²) in [5.41, 5.74) is 12.2. The zero-order valence-corrected chi connectivity index (χ0v) is 27.0. The van der Waals surface area contributed by atoms with Crippen LogP contribution in [0.2, 0.25) is 0 Å². The molecule has 0 bridgehead atoms. The van der Waals surface area contributed by atoms with Crippen LogP contribution in [0.3, 0.4) is 0 Å². The average molecular weight is 640 g/mol. The van der Waals surface area contributed by atoms with Crippen LogP contribution in [0.4, 0.5) is 0 Å². The van der Waals surface area contributed by atoms with Gasteiger partial charge in [-0.1, -0.05) is 133 Å². The van der Waals surface area contributed by atoms with E-state index in [0.29, 0.717) is 5.82 Å². The summed E-state index contributed by atoms with van der Waals surface area (Å²) < 4.78 is 8.62. The molecule has 4 nitrogen and oxygen atoms in total. The highest BCUT2D eigenvalue weighted by Gasteiger charge is 2.19. The van der Waals surface area contributed by atoms with E-state index in [-0.39, 0.29) is 0 Å². The van der Waals surface area contributed by atoms with E-state index < -0.39 is 0 Å². The first-order chi connectivity index (χ1) is 24.8. The molecular weight excluding hydrogens is 611 g/mol. The highest BCUT2D eigenvalue weighted by molar-refractivity contribution is 6.16.